The quantitative estimate of drug-likeness (QED) is 0.178. The topological polar surface area (TPSA) is 105 Å². The third-order valence-electron chi connectivity index (χ3n) is 6.19. The molecule has 0 saturated carbocycles. The van der Waals surface area contributed by atoms with Crippen LogP contribution < -0.4 is 14.8 Å². The molecule has 0 bridgehead atoms. The molecule has 9 heteroatoms. The summed E-state index contributed by atoms with van der Waals surface area (Å²) in [6.07, 6.45) is 1.21. The van der Waals surface area contributed by atoms with E-state index in [-0.39, 0.29) is 24.0 Å². The molecule has 0 spiro atoms. The lowest BCUT2D eigenvalue weighted by Gasteiger charge is -2.12. The van der Waals surface area contributed by atoms with Crippen LogP contribution in [0.15, 0.2) is 91.0 Å². The summed E-state index contributed by atoms with van der Waals surface area (Å²) < 4.78 is 47.1. The summed E-state index contributed by atoms with van der Waals surface area (Å²) in [5, 5.41) is 11.7. The lowest BCUT2D eigenvalue weighted by atomic mass is 10.0. The standard InChI is InChI=1S/C31H31FN2O5S/c1-21(2)40(37,38)34-27-10-3-6-22(18-27)7-5-17-39-30-16-13-26(20-29(30)32)33-31(36)25-9-4-8-24(19-25)23-11-14-28(35)15-12-23/h3-4,6,8-16,18-21,34-35H,5,7,17H2,1-2H3,(H,33,36). The number of aryl methyl sites for hydroxylation is 1. The molecular formula is C31H31FN2O5S. The summed E-state index contributed by atoms with van der Waals surface area (Å²) in [7, 11) is -3.43. The maximum absolute atomic E-state index is 14.7. The van der Waals surface area contributed by atoms with Crippen LogP contribution in [0.25, 0.3) is 11.1 Å². The van der Waals surface area contributed by atoms with Crippen molar-refractivity contribution in [1.29, 1.82) is 0 Å². The lowest BCUT2D eigenvalue weighted by molar-refractivity contribution is 0.102. The maximum Gasteiger partial charge on any atom is 0.255 e. The molecule has 4 aromatic carbocycles. The largest absolute Gasteiger partial charge is 0.508 e. The summed E-state index contributed by atoms with van der Waals surface area (Å²) in [5.74, 6) is -0.746. The number of halogens is 1. The number of benzene rings is 4. The Morgan fingerprint density at radius 1 is 0.900 bits per heavy atom. The van der Waals surface area contributed by atoms with E-state index in [9.17, 15) is 22.7 Å². The van der Waals surface area contributed by atoms with Crippen LogP contribution in [0.2, 0.25) is 0 Å². The van der Waals surface area contributed by atoms with Crippen LogP contribution in [-0.2, 0) is 16.4 Å². The Balaban J connectivity index is 1.30. The molecule has 0 aromatic heterocycles. The fourth-order valence-corrected chi connectivity index (χ4v) is 4.61. The van der Waals surface area contributed by atoms with E-state index in [1.165, 1.54) is 12.1 Å². The van der Waals surface area contributed by atoms with E-state index in [4.69, 9.17) is 4.74 Å². The molecule has 0 fully saturated rings. The third kappa shape index (κ3) is 7.60. The van der Waals surface area contributed by atoms with Crippen molar-refractivity contribution in [1.82, 2.24) is 0 Å². The lowest BCUT2D eigenvalue weighted by Crippen LogP contribution is -2.22. The average molecular weight is 563 g/mol. The highest BCUT2D eigenvalue weighted by Gasteiger charge is 2.15. The van der Waals surface area contributed by atoms with Crippen LogP contribution in [0.1, 0.15) is 36.2 Å². The van der Waals surface area contributed by atoms with Gasteiger partial charge in [0, 0.05) is 23.0 Å². The molecule has 0 radical (unpaired) electrons. The summed E-state index contributed by atoms with van der Waals surface area (Å²) in [6.45, 7) is 3.49. The van der Waals surface area contributed by atoms with Crippen LogP contribution in [0, 0.1) is 5.82 Å². The predicted molar refractivity (Wildman–Crippen MR) is 156 cm³/mol. The number of ether oxygens (including phenoxy) is 1. The first-order valence-electron chi connectivity index (χ1n) is 12.8. The number of hydrogen-bond acceptors (Lipinski definition) is 5. The fraction of sp³-hybridized carbons (Fsp3) is 0.194. The number of aromatic hydroxyl groups is 1. The van der Waals surface area contributed by atoms with E-state index in [1.54, 1.807) is 80.6 Å². The second-order valence-corrected chi connectivity index (χ2v) is 11.8. The Morgan fingerprint density at radius 3 is 2.38 bits per heavy atom. The van der Waals surface area contributed by atoms with Crippen LogP contribution in [0.4, 0.5) is 15.8 Å². The first-order chi connectivity index (χ1) is 19.1. The van der Waals surface area contributed by atoms with E-state index in [0.29, 0.717) is 29.8 Å². The van der Waals surface area contributed by atoms with Crippen LogP contribution in [0.3, 0.4) is 0 Å². The van der Waals surface area contributed by atoms with E-state index in [0.717, 1.165) is 16.7 Å². The molecule has 0 heterocycles. The summed E-state index contributed by atoms with van der Waals surface area (Å²) in [4.78, 5) is 12.8. The number of amides is 1. The maximum atomic E-state index is 14.7. The number of sulfonamides is 1. The van der Waals surface area contributed by atoms with Gasteiger partial charge in [-0.1, -0.05) is 36.4 Å². The molecule has 40 heavy (non-hydrogen) atoms. The number of nitrogens with one attached hydrogen (secondary N) is 2. The third-order valence-corrected chi connectivity index (χ3v) is 7.95. The minimum absolute atomic E-state index is 0.0748. The molecule has 0 aliphatic heterocycles. The number of hydrogen-bond donors (Lipinski definition) is 3. The van der Waals surface area contributed by atoms with Gasteiger partial charge in [-0.3, -0.25) is 9.52 Å². The van der Waals surface area contributed by atoms with Gasteiger partial charge in [-0.05, 0) is 91.9 Å². The van der Waals surface area contributed by atoms with Gasteiger partial charge < -0.3 is 15.2 Å². The Hall–Kier alpha value is -4.37. The van der Waals surface area contributed by atoms with Gasteiger partial charge in [0.2, 0.25) is 10.0 Å². The highest BCUT2D eigenvalue weighted by Crippen LogP contribution is 2.25. The molecule has 1 amide bonds. The number of carbonyl (C=O) groups excluding carboxylic acids is 1. The second kappa shape index (κ2) is 12.7. The van der Waals surface area contributed by atoms with Crippen molar-refractivity contribution in [2.24, 2.45) is 0 Å². The Morgan fingerprint density at radius 2 is 1.65 bits per heavy atom. The van der Waals surface area contributed by atoms with Crippen molar-refractivity contribution < 1.29 is 27.4 Å². The smallest absolute Gasteiger partial charge is 0.255 e. The van der Waals surface area contributed by atoms with Gasteiger partial charge in [-0.2, -0.15) is 0 Å². The van der Waals surface area contributed by atoms with Crippen molar-refractivity contribution in [3.63, 3.8) is 0 Å². The number of rotatable bonds is 11. The highest BCUT2D eigenvalue weighted by molar-refractivity contribution is 7.93. The number of phenolic OH excluding ortho intramolecular Hbond substituents is 1. The van der Waals surface area contributed by atoms with Gasteiger partial charge in [0.25, 0.3) is 5.91 Å². The molecule has 7 nitrogen and oxygen atoms in total. The van der Waals surface area contributed by atoms with Crippen molar-refractivity contribution in [3.8, 4) is 22.6 Å². The molecule has 0 aliphatic rings. The summed E-state index contributed by atoms with van der Waals surface area (Å²) in [5.41, 5.74) is 3.80. The number of anilines is 2. The van der Waals surface area contributed by atoms with E-state index in [1.807, 2.05) is 12.1 Å². The molecule has 0 unspecified atom stereocenters. The van der Waals surface area contributed by atoms with E-state index in [2.05, 4.69) is 10.0 Å². The summed E-state index contributed by atoms with van der Waals surface area (Å²) in [6, 6.07) is 25.1. The summed E-state index contributed by atoms with van der Waals surface area (Å²) >= 11 is 0. The van der Waals surface area contributed by atoms with Gasteiger partial charge in [-0.15, -0.1) is 0 Å². The van der Waals surface area contributed by atoms with Gasteiger partial charge in [0.1, 0.15) is 5.75 Å². The molecule has 0 atom stereocenters. The Bertz CT molecular complexity index is 1590. The van der Waals surface area contributed by atoms with Gasteiger partial charge >= 0.3 is 0 Å². The van der Waals surface area contributed by atoms with Crippen LogP contribution in [0.5, 0.6) is 11.5 Å². The molecular weight excluding hydrogens is 531 g/mol. The monoisotopic (exact) mass is 562 g/mol. The van der Waals surface area contributed by atoms with Crippen molar-refractivity contribution in [2.45, 2.75) is 31.9 Å². The Labute approximate surface area is 233 Å². The van der Waals surface area contributed by atoms with E-state index < -0.39 is 21.1 Å². The normalized spacial score (nSPS) is 11.3. The highest BCUT2D eigenvalue weighted by atomic mass is 32.2. The van der Waals surface area contributed by atoms with Crippen LogP contribution in [-0.4, -0.2) is 31.3 Å². The molecule has 208 valence electrons. The molecule has 4 rings (SSSR count). The first kappa shape index (κ1) is 28.6. The second-order valence-electron chi connectivity index (χ2n) is 9.58. The minimum atomic E-state index is -3.43. The zero-order chi connectivity index (χ0) is 28.7. The molecule has 0 saturated heterocycles. The van der Waals surface area contributed by atoms with Crippen molar-refractivity contribution in [2.75, 3.05) is 16.6 Å². The Kier molecular flexibility index (Phi) is 9.06. The van der Waals surface area contributed by atoms with Gasteiger partial charge in [0.05, 0.1) is 11.9 Å². The van der Waals surface area contributed by atoms with Crippen molar-refractivity contribution >= 4 is 27.3 Å². The van der Waals surface area contributed by atoms with Gasteiger partial charge in [-0.25, -0.2) is 12.8 Å². The van der Waals surface area contributed by atoms with Gasteiger partial charge in [0.15, 0.2) is 11.6 Å². The number of carbonyl (C=O) groups is 1. The zero-order valence-corrected chi connectivity index (χ0v) is 23.0. The molecule has 3 N–H and O–H groups in total. The fourth-order valence-electron chi connectivity index (χ4n) is 3.92. The number of phenols is 1. The first-order valence-corrected chi connectivity index (χ1v) is 14.4. The average Bonchev–Trinajstić information content (AvgIpc) is 2.92. The minimum Gasteiger partial charge on any atom is -0.508 e. The SMILES string of the molecule is CC(C)S(=O)(=O)Nc1cccc(CCCOc2ccc(NC(=O)c3cccc(-c4ccc(O)cc4)c3)cc2F)c1. The van der Waals surface area contributed by atoms with Crippen LogP contribution >= 0.6 is 0 Å². The predicted octanol–water partition coefficient (Wildman–Crippen LogP) is 6.61. The molecule has 4 aromatic rings. The van der Waals surface area contributed by atoms with Crippen molar-refractivity contribution in [3.05, 3.63) is 108 Å². The van der Waals surface area contributed by atoms with E-state index >= 15 is 0 Å². The molecule has 0 aliphatic carbocycles. The zero-order valence-electron chi connectivity index (χ0n) is 22.2.